The fraction of sp³-hybridized carbons (Fsp3) is 0.647. The van der Waals surface area contributed by atoms with E-state index in [-0.39, 0.29) is 16.9 Å². The lowest BCUT2D eigenvalue weighted by atomic mass is 9.70. The molecule has 0 saturated heterocycles. The van der Waals surface area contributed by atoms with Crippen LogP contribution in [0.5, 0.6) is 11.5 Å². The maximum atomic E-state index is 9.67. The molecule has 0 amide bonds. The number of benzene rings is 1. The summed E-state index contributed by atoms with van der Waals surface area (Å²) >= 11 is 0. The minimum absolute atomic E-state index is 0.0291. The van der Waals surface area contributed by atoms with Gasteiger partial charge in [0, 0.05) is 6.07 Å². The van der Waals surface area contributed by atoms with E-state index in [2.05, 4.69) is 27.7 Å². The topological polar surface area (TPSA) is 40.5 Å². The number of phenols is 2. The van der Waals surface area contributed by atoms with Crippen LogP contribution >= 0.6 is 0 Å². The minimum Gasteiger partial charge on any atom is -0.508 e. The summed E-state index contributed by atoms with van der Waals surface area (Å²) in [6, 6.07) is 4.95. The Morgan fingerprint density at radius 2 is 1.58 bits per heavy atom. The van der Waals surface area contributed by atoms with Gasteiger partial charge in [-0.1, -0.05) is 53.4 Å². The molecule has 2 heteroatoms. The maximum absolute atomic E-state index is 9.67. The van der Waals surface area contributed by atoms with Crippen molar-refractivity contribution in [3.8, 4) is 11.5 Å². The van der Waals surface area contributed by atoms with Crippen molar-refractivity contribution >= 4 is 0 Å². The zero-order chi connectivity index (χ0) is 14.5. The second-order valence-electron chi connectivity index (χ2n) is 6.06. The van der Waals surface area contributed by atoms with Crippen molar-refractivity contribution in [2.75, 3.05) is 0 Å². The molecule has 0 saturated carbocycles. The van der Waals surface area contributed by atoms with E-state index in [1.54, 1.807) is 12.1 Å². The van der Waals surface area contributed by atoms with E-state index in [4.69, 9.17) is 0 Å². The van der Waals surface area contributed by atoms with Crippen molar-refractivity contribution < 1.29 is 10.2 Å². The Bertz CT molecular complexity index is 376. The van der Waals surface area contributed by atoms with Crippen LogP contribution in [0.25, 0.3) is 0 Å². The molecule has 0 spiro atoms. The first kappa shape index (κ1) is 15.9. The normalized spacial score (nSPS) is 13.5. The van der Waals surface area contributed by atoms with Crippen LogP contribution in [0.3, 0.4) is 0 Å². The molecular formula is C17H28O2. The fourth-order valence-electron chi connectivity index (χ4n) is 2.92. The molecule has 0 fully saturated rings. The van der Waals surface area contributed by atoms with E-state index in [1.807, 2.05) is 0 Å². The molecule has 1 aromatic rings. The molecule has 0 aliphatic heterocycles. The third-order valence-electron chi connectivity index (χ3n) is 4.32. The number of aromatic hydroxyl groups is 2. The average Bonchev–Trinajstić information content (AvgIpc) is 2.33. The number of hydrogen-bond donors (Lipinski definition) is 2. The van der Waals surface area contributed by atoms with Crippen LogP contribution in [0.15, 0.2) is 18.2 Å². The minimum atomic E-state index is -0.0291. The Morgan fingerprint density at radius 3 is 2.05 bits per heavy atom. The van der Waals surface area contributed by atoms with E-state index in [9.17, 15) is 10.2 Å². The van der Waals surface area contributed by atoms with Gasteiger partial charge in [-0.2, -0.15) is 0 Å². The van der Waals surface area contributed by atoms with Gasteiger partial charge in [0.1, 0.15) is 11.5 Å². The van der Waals surface area contributed by atoms with E-state index >= 15 is 0 Å². The summed E-state index contributed by atoms with van der Waals surface area (Å²) in [6.07, 6.45) is 6.09. The molecule has 0 heterocycles. The van der Waals surface area contributed by atoms with Crippen LogP contribution in [-0.4, -0.2) is 10.2 Å². The highest BCUT2D eigenvalue weighted by Crippen LogP contribution is 2.39. The van der Waals surface area contributed by atoms with Gasteiger partial charge >= 0.3 is 0 Å². The van der Waals surface area contributed by atoms with Crippen molar-refractivity contribution in [3.05, 3.63) is 23.8 Å². The molecule has 19 heavy (non-hydrogen) atoms. The van der Waals surface area contributed by atoms with Gasteiger partial charge in [-0.3, -0.25) is 0 Å². The largest absolute Gasteiger partial charge is 0.508 e. The lowest BCUT2D eigenvalue weighted by molar-refractivity contribution is 0.279. The number of unbranched alkanes of at least 4 members (excludes halogenated alkanes) is 2. The second kappa shape index (κ2) is 6.83. The Labute approximate surface area is 117 Å². The van der Waals surface area contributed by atoms with Crippen LogP contribution in [0.1, 0.15) is 65.4 Å². The molecule has 0 aliphatic rings. The highest BCUT2D eigenvalue weighted by atomic mass is 16.3. The summed E-state index contributed by atoms with van der Waals surface area (Å²) in [4.78, 5) is 0. The van der Waals surface area contributed by atoms with Gasteiger partial charge in [-0.25, -0.2) is 0 Å². The van der Waals surface area contributed by atoms with E-state index in [0.29, 0.717) is 5.92 Å². The van der Waals surface area contributed by atoms with Crippen LogP contribution in [0, 0.1) is 5.92 Å². The molecule has 2 N–H and O–H groups in total. The van der Waals surface area contributed by atoms with E-state index < -0.39 is 0 Å². The molecule has 1 aromatic carbocycles. The molecular weight excluding hydrogens is 236 g/mol. The third-order valence-corrected chi connectivity index (χ3v) is 4.32. The van der Waals surface area contributed by atoms with Crippen molar-refractivity contribution in [1.29, 1.82) is 0 Å². The predicted octanol–water partition coefficient (Wildman–Crippen LogP) is 4.98. The van der Waals surface area contributed by atoms with Gasteiger partial charge in [0.15, 0.2) is 0 Å². The first-order valence-electron chi connectivity index (χ1n) is 7.45. The van der Waals surface area contributed by atoms with Crippen molar-refractivity contribution in [2.45, 2.75) is 65.2 Å². The van der Waals surface area contributed by atoms with Crippen molar-refractivity contribution in [3.63, 3.8) is 0 Å². The SMILES string of the molecule is CCCCC[C@@H](CC)C(C)(C)c1cc(O)cc(O)c1. The molecule has 1 atom stereocenters. The molecule has 0 bridgehead atoms. The summed E-state index contributed by atoms with van der Waals surface area (Å²) in [5, 5.41) is 19.3. The van der Waals surface area contributed by atoms with E-state index in [1.165, 1.54) is 31.7 Å². The van der Waals surface area contributed by atoms with Gasteiger partial charge in [0.2, 0.25) is 0 Å². The highest BCUT2D eigenvalue weighted by molar-refractivity contribution is 5.40. The van der Waals surface area contributed by atoms with Gasteiger partial charge in [-0.05, 0) is 35.4 Å². The molecule has 0 radical (unpaired) electrons. The fourth-order valence-corrected chi connectivity index (χ4v) is 2.92. The number of rotatable bonds is 7. The van der Waals surface area contributed by atoms with Crippen LogP contribution in [-0.2, 0) is 5.41 Å². The highest BCUT2D eigenvalue weighted by Gasteiger charge is 2.30. The zero-order valence-corrected chi connectivity index (χ0v) is 12.7. The standard InChI is InChI=1S/C17H28O2/c1-5-7-8-9-13(6-2)17(3,4)14-10-15(18)12-16(19)11-14/h10-13,18-19H,5-9H2,1-4H3/t13-/m1/s1. The van der Waals surface area contributed by atoms with Gasteiger partial charge in [-0.15, -0.1) is 0 Å². The molecule has 2 nitrogen and oxygen atoms in total. The first-order chi connectivity index (χ1) is 8.91. The molecule has 0 aliphatic carbocycles. The first-order valence-corrected chi connectivity index (χ1v) is 7.45. The molecule has 1 rings (SSSR count). The molecule has 108 valence electrons. The van der Waals surface area contributed by atoms with Crippen LogP contribution < -0.4 is 0 Å². The Balaban J connectivity index is 2.91. The summed E-state index contributed by atoms with van der Waals surface area (Å²) in [5.74, 6) is 0.859. The van der Waals surface area contributed by atoms with Gasteiger partial charge in [0.25, 0.3) is 0 Å². The number of phenolic OH excluding ortho intramolecular Hbond substituents is 2. The lowest BCUT2D eigenvalue weighted by Crippen LogP contribution is -2.28. The Kier molecular flexibility index (Phi) is 5.71. The predicted molar refractivity (Wildman–Crippen MR) is 80.7 cm³/mol. The average molecular weight is 264 g/mol. The van der Waals surface area contributed by atoms with E-state index in [0.717, 1.165) is 12.0 Å². The van der Waals surface area contributed by atoms with Gasteiger partial charge in [0.05, 0.1) is 0 Å². The summed E-state index contributed by atoms with van der Waals surface area (Å²) in [5.41, 5.74) is 0.993. The van der Waals surface area contributed by atoms with Crippen LogP contribution in [0.2, 0.25) is 0 Å². The second-order valence-corrected chi connectivity index (χ2v) is 6.06. The molecule has 0 unspecified atom stereocenters. The summed E-state index contributed by atoms with van der Waals surface area (Å²) < 4.78 is 0. The Morgan fingerprint density at radius 1 is 1.00 bits per heavy atom. The monoisotopic (exact) mass is 264 g/mol. The summed E-state index contributed by atoms with van der Waals surface area (Å²) in [6.45, 7) is 8.86. The van der Waals surface area contributed by atoms with Crippen molar-refractivity contribution in [2.24, 2.45) is 5.92 Å². The van der Waals surface area contributed by atoms with Crippen molar-refractivity contribution in [1.82, 2.24) is 0 Å². The smallest absolute Gasteiger partial charge is 0.119 e. The maximum Gasteiger partial charge on any atom is 0.119 e. The molecule has 0 aromatic heterocycles. The Hall–Kier alpha value is -1.18. The third kappa shape index (κ3) is 4.15. The van der Waals surface area contributed by atoms with Gasteiger partial charge < -0.3 is 10.2 Å². The number of hydrogen-bond acceptors (Lipinski definition) is 2. The summed E-state index contributed by atoms with van der Waals surface area (Å²) in [7, 11) is 0. The quantitative estimate of drug-likeness (QED) is 0.682. The lowest BCUT2D eigenvalue weighted by Gasteiger charge is -2.35. The zero-order valence-electron chi connectivity index (χ0n) is 12.7. The van der Waals surface area contributed by atoms with Crippen LogP contribution in [0.4, 0.5) is 0 Å².